The van der Waals surface area contributed by atoms with E-state index in [1.165, 1.54) is 0 Å². The van der Waals surface area contributed by atoms with Crippen molar-refractivity contribution in [2.24, 2.45) is 0 Å². The second-order valence-electron chi connectivity index (χ2n) is 6.70. The number of amides is 2. The number of ether oxygens (including phenoxy) is 2. The maximum absolute atomic E-state index is 12.4. The van der Waals surface area contributed by atoms with Crippen LogP contribution in [-0.2, 0) is 4.74 Å². The van der Waals surface area contributed by atoms with Gasteiger partial charge in [-0.1, -0.05) is 6.07 Å². The first-order valence-corrected chi connectivity index (χ1v) is 9.88. The Morgan fingerprint density at radius 3 is 2.52 bits per heavy atom. The molecule has 7 nitrogen and oxygen atoms in total. The summed E-state index contributed by atoms with van der Waals surface area (Å²) in [7, 11) is 0. The summed E-state index contributed by atoms with van der Waals surface area (Å²) in [4.78, 5) is 27.0. The van der Waals surface area contributed by atoms with E-state index < -0.39 is 0 Å². The van der Waals surface area contributed by atoms with Crippen molar-refractivity contribution in [1.82, 2.24) is 10.2 Å². The zero-order valence-electron chi connectivity index (χ0n) is 16.6. The number of hydrogen-bond donors (Lipinski definition) is 2. The smallest absolute Gasteiger partial charge is 0.255 e. The van der Waals surface area contributed by atoms with Crippen molar-refractivity contribution >= 4 is 17.5 Å². The molecule has 1 aliphatic heterocycles. The summed E-state index contributed by atoms with van der Waals surface area (Å²) in [5, 5.41) is 5.76. The van der Waals surface area contributed by atoms with Crippen LogP contribution in [0.15, 0.2) is 48.5 Å². The third-order valence-corrected chi connectivity index (χ3v) is 4.63. The van der Waals surface area contributed by atoms with Gasteiger partial charge in [-0.05, 0) is 49.4 Å². The number of anilines is 1. The molecule has 3 rings (SSSR count). The normalized spacial score (nSPS) is 14.2. The Bertz CT molecular complexity index is 817. The second kappa shape index (κ2) is 10.6. The first-order chi connectivity index (χ1) is 14.2. The Balaban J connectivity index is 1.49. The van der Waals surface area contributed by atoms with Crippen molar-refractivity contribution in [2.45, 2.75) is 6.92 Å². The Morgan fingerprint density at radius 2 is 1.79 bits per heavy atom. The van der Waals surface area contributed by atoms with E-state index in [-0.39, 0.29) is 11.8 Å². The molecule has 0 atom stereocenters. The summed E-state index contributed by atoms with van der Waals surface area (Å²) in [6.45, 7) is 7.13. The van der Waals surface area contributed by atoms with Gasteiger partial charge in [-0.15, -0.1) is 0 Å². The van der Waals surface area contributed by atoms with Gasteiger partial charge in [0.25, 0.3) is 11.8 Å². The average Bonchev–Trinajstić information content (AvgIpc) is 2.75. The van der Waals surface area contributed by atoms with E-state index in [2.05, 4.69) is 15.5 Å². The lowest BCUT2D eigenvalue weighted by Crippen LogP contribution is -2.41. The van der Waals surface area contributed by atoms with Crippen LogP contribution in [0.5, 0.6) is 5.75 Å². The van der Waals surface area contributed by atoms with E-state index >= 15 is 0 Å². The Labute approximate surface area is 171 Å². The Kier molecular flexibility index (Phi) is 7.61. The molecule has 29 heavy (non-hydrogen) atoms. The lowest BCUT2D eigenvalue weighted by atomic mass is 10.1. The van der Waals surface area contributed by atoms with Crippen LogP contribution in [0.2, 0.25) is 0 Å². The summed E-state index contributed by atoms with van der Waals surface area (Å²) in [5.41, 5.74) is 1.70. The van der Waals surface area contributed by atoms with Crippen LogP contribution < -0.4 is 15.4 Å². The van der Waals surface area contributed by atoms with Crippen LogP contribution in [-0.4, -0.2) is 62.7 Å². The van der Waals surface area contributed by atoms with Gasteiger partial charge < -0.3 is 20.1 Å². The molecule has 154 valence electrons. The van der Waals surface area contributed by atoms with Crippen molar-refractivity contribution in [3.05, 3.63) is 59.7 Å². The topological polar surface area (TPSA) is 79.9 Å². The van der Waals surface area contributed by atoms with E-state index in [0.29, 0.717) is 35.7 Å². The molecule has 7 heteroatoms. The van der Waals surface area contributed by atoms with Gasteiger partial charge in [-0.2, -0.15) is 0 Å². The quantitative estimate of drug-likeness (QED) is 0.715. The fraction of sp³-hybridized carbons (Fsp3) is 0.364. The lowest BCUT2D eigenvalue weighted by molar-refractivity contribution is 0.0383. The van der Waals surface area contributed by atoms with Crippen LogP contribution in [0, 0.1) is 0 Å². The summed E-state index contributed by atoms with van der Waals surface area (Å²) >= 11 is 0. The number of nitrogens with zero attached hydrogens (tertiary/aromatic N) is 1. The zero-order valence-corrected chi connectivity index (χ0v) is 16.6. The number of carbonyl (C=O) groups is 2. The van der Waals surface area contributed by atoms with Crippen LogP contribution in [0.3, 0.4) is 0 Å². The minimum absolute atomic E-state index is 0.124. The van der Waals surface area contributed by atoms with E-state index in [0.717, 1.165) is 32.8 Å². The highest BCUT2D eigenvalue weighted by Gasteiger charge is 2.12. The van der Waals surface area contributed by atoms with Gasteiger partial charge in [-0.25, -0.2) is 0 Å². The summed E-state index contributed by atoms with van der Waals surface area (Å²) in [6, 6.07) is 13.9. The molecule has 0 radical (unpaired) electrons. The van der Waals surface area contributed by atoms with E-state index in [1.54, 1.807) is 42.5 Å². The van der Waals surface area contributed by atoms with Crippen LogP contribution >= 0.6 is 0 Å². The molecular formula is C22H27N3O4. The largest absolute Gasteiger partial charge is 0.494 e. The second-order valence-corrected chi connectivity index (χ2v) is 6.70. The molecule has 0 aliphatic carbocycles. The highest BCUT2D eigenvalue weighted by Crippen LogP contribution is 2.16. The van der Waals surface area contributed by atoms with Crippen molar-refractivity contribution in [1.29, 1.82) is 0 Å². The van der Waals surface area contributed by atoms with Crippen molar-refractivity contribution < 1.29 is 19.1 Å². The SMILES string of the molecule is CCOc1cccc(C(=O)Nc2ccc(C(=O)NCCN3CCOCC3)cc2)c1. The van der Waals surface area contributed by atoms with Gasteiger partial charge in [0.2, 0.25) is 0 Å². The molecular weight excluding hydrogens is 370 g/mol. The predicted octanol–water partition coefficient (Wildman–Crippen LogP) is 2.40. The summed E-state index contributed by atoms with van der Waals surface area (Å²) in [5.74, 6) is 0.305. The Morgan fingerprint density at radius 1 is 1.03 bits per heavy atom. The standard InChI is InChI=1S/C22H27N3O4/c1-2-29-20-5-3-4-18(16-20)22(27)24-19-8-6-17(7-9-19)21(26)23-10-11-25-12-14-28-15-13-25/h3-9,16H,2,10-15H2,1H3,(H,23,26)(H,24,27). The molecule has 2 aromatic rings. The van der Waals surface area contributed by atoms with Gasteiger partial charge in [-0.3, -0.25) is 14.5 Å². The molecule has 2 aromatic carbocycles. The maximum atomic E-state index is 12.4. The number of carbonyl (C=O) groups excluding carboxylic acids is 2. The summed E-state index contributed by atoms with van der Waals surface area (Å²) in [6.07, 6.45) is 0. The average molecular weight is 397 g/mol. The maximum Gasteiger partial charge on any atom is 0.255 e. The molecule has 0 spiro atoms. The van der Waals surface area contributed by atoms with Gasteiger partial charge >= 0.3 is 0 Å². The van der Waals surface area contributed by atoms with Crippen LogP contribution in [0.4, 0.5) is 5.69 Å². The number of benzene rings is 2. The van der Waals surface area contributed by atoms with E-state index in [9.17, 15) is 9.59 Å². The molecule has 0 saturated carbocycles. The molecule has 0 aromatic heterocycles. The van der Waals surface area contributed by atoms with E-state index in [1.807, 2.05) is 13.0 Å². The molecule has 1 heterocycles. The van der Waals surface area contributed by atoms with Crippen molar-refractivity contribution in [2.75, 3.05) is 51.3 Å². The van der Waals surface area contributed by atoms with Crippen LogP contribution in [0.1, 0.15) is 27.6 Å². The molecule has 2 N–H and O–H groups in total. The number of morpholine rings is 1. The Hall–Kier alpha value is -2.90. The molecule has 1 fully saturated rings. The lowest BCUT2D eigenvalue weighted by Gasteiger charge is -2.26. The predicted molar refractivity (Wildman–Crippen MR) is 112 cm³/mol. The van der Waals surface area contributed by atoms with Crippen molar-refractivity contribution in [3.63, 3.8) is 0 Å². The van der Waals surface area contributed by atoms with Gasteiger partial charge in [0, 0.05) is 43.0 Å². The fourth-order valence-corrected chi connectivity index (χ4v) is 3.06. The summed E-state index contributed by atoms with van der Waals surface area (Å²) < 4.78 is 10.7. The molecule has 0 bridgehead atoms. The van der Waals surface area contributed by atoms with Gasteiger partial charge in [0.05, 0.1) is 19.8 Å². The minimum atomic E-state index is -0.228. The highest BCUT2D eigenvalue weighted by atomic mass is 16.5. The molecule has 1 aliphatic rings. The third-order valence-electron chi connectivity index (χ3n) is 4.63. The molecule has 1 saturated heterocycles. The van der Waals surface area contributed by atoms with Gasteiger partial charge in [0.15, 0.2) is 0 Å². The zero-order chi connectivity index (χ0) is 20.5. The first kappa shape index (κ1) is 20.8. The van der Waals surface area contributed by atoms with Crippen LogP contribution in [0.25, 0.3) is 0 Å². The molecule has 0 unspecified atom stereocenters. The fourth-order valence-electron chi connectivity index (χ4n) is 3.06. The first-order valence-electron chi connectivity index (χ1n) is 9.88. The monoisotopic (exact) mass is 397 g/mol. The number of hydrogen-bond acceptors (Lipinski definition) is 5. The molecule has 2 amide bonds. The van der Waals surface area contributed by atoms with E-state index in [4.69, 9.17) is 9.47 Å². The highest BCUT2D eigenvalue weighted by molar-refractivity contribution is 6.04. The minimum Gasteiger partial charge on any atom is -0.494 e. The third kappa shape index (κ3) is 6.30. The van der Waals surface area contributed by atoms with Crippen molar-refractivity contribution in [3.8, 4) is 5.75 Å². The van der Waals surface area contributed by atoms with Gasteiger partial charge in [0.1, 0.15) is 5.75 Å². The number of nitrogens with one attached hydrogen (secondary N) is 2. The number of rotatable bonds is 8.